The molecule has 1 saturated heterocycles. The highest BCUT2D eigenvalue weighted by atomic mass is 16.2. The molecule has 108 valence electrons. The highest BCUT2D eigenvalue weighted by molar-refractivity contribution is 5.94. The first-order valence-corrected chi connectivity index (χ1v) is 7.20. The van der Waals surface area contributed by atoms with Gasteiger partial charge in [-0.05, 0) is 24.7 Å². The summed E-state index contributed by atoms with van der Waals surface area (Å²) in [7, 11) is 2.11. The topological polar surface area (TPSA) is 36.4 Å². The molecule has 1 aliphatic rings. The van der Waals surface area contributed by atoms with Gasteiger partial charge in [-0.25, -0.2) is 0 Å². The van der Waals surface area contributed by atoms with Crippen LogP contribution >= 0.6 is 0 Å². The lowest BCUT2D eigenvalue weighted by Gasteiger charge is -2.39. The summed E-state index contributed by atoms with van der Waals surface area (Å²) >= 11 is 0. The van der Waals surface area contributed by atoms with Gasteiger partial charge in [0.2, 0.25) is 0 Å². The second-order valence-corrected chi connectivity index (χ2v) is 5.40. The summed E-state index contributed by atoms with van der Waals surface area (Å²) in [5.74, 6) is 0.0668. The monoisotopic (exact) mass is 281 g/mol. The molecule has 3 rings (SSSR count). The number of carbonyl (C=O) groups excluding carboxylic acids is 1. The summed E-state index contributed by atoms with van der Waals surface area (Å²) in [4.78, 5) is 20.8. The van der Waals surface area contributed by atoms with Crippen LogP contribution in [0.1, 0.15) is 22.0 Å². The van der Waals surface area contributed by atoms with E-state index in [9.17, 15) is 4.79 Å². The van der Waals surface area contributed by atoms with Crippen LogP contribution in [0, 0.1) is 0 Å². The zero-order chi connectivity index (χ0) is 14.7. The van der Waals surface area contributed by atoms with E-state index in [1.807, 2.05) is 29.2 Å². The van der Waals surface area contributed by atoms with Gasteiger partial charge in [0.25, 0.3) is 5.91 Å². The van der Waals surface area contributed by atoms with Crippen LogP contribution in [0.5, 0.6) is 0 Å². The minimum absolute atomic E-state index is 0.0668. The predicted octanol–water partition coefficient (Wildman–Crippen LogP) is 2.21. The van der Waals surface area contributed by atoms with E-state index < -0.39 is 0 Å². The normalized spacial score (nSPS) is 19.5. The van der Waals surface area contributed by atoms with Gasteiger partial charge < -0.3 is 4.90 Å². The number of amides is 1. The molecule has 0 spiro atoms. The van der Waals surface area contributed by atoms with Gasteiger partial charge in [-0.2, -0.15) is 0 Å². The molecule has 0 aliphatic carbocycles. The van der Waals surface area contributed by atoms with Gasteiger partial charge in [0, 0.05) is 32.0 Å². The lowest BCUT2D eigenvalue weighted by molar-refractivity contribution is 0.0546. The molecule has 1 atom stereocenters. The summed E-state index contributed by atoms with van der Waals surface area (Å²) in [5.41, 5.74) is 1.91. The van der Waals surface area contributed by atoms with Crippen molar-refractivity contribution in [2.75, 3.05) is 26.7 Å². The number of carbonyl (C=O) groups is 1. The average Bonchev–Trinajstić information content (AvgIpc) is 2.56. The van der Waals surface area contributed by atoms with E-state index in [4.69, 9.17) is 0 Å². The number of hydrogen-bond acceptors (Lipinski definition) is 3. The van der Waals surface area contributed by atoms with Crippen LogP contribution in [0.25, 0.3) is 0 Å². The lowest BCUT2D eigenvalue weighted by atomic mass is 10.0. The summed E-state index contributed by atoms with van der Waals surface area (Å²) in [5, 5.41) is 0. The third-order valence-electron chi connectivity index (χ3n) is 4.03. The Labute approximate surface area is 125 Å². The fraction of sp³-hybridized carbons (Fsp3) is 0.294. The van der Waals surface area contributed by atoms with Gasteiger partial charge in [-0.3, -0.25) is 14.7 Å². The molecule has 0 saturated carbocycles. The maximum absolute atomic E-state index is 12.6. The van der Waals surface area contributed by atoms with E-state index in [2.05, 4.69) is 29.1 Å². The SMILES string of the molecule is CN1CCN(C(=O)c2cccnc2)CC1c1ccccc1. The molecular formula is C17H19N3O. The molecule has 21 heavy (non-hydrogen) atoms. The van der Waals surface area contributed by atoms with Crippen molar-refractivity contribution in [3.05, 3.63) is 66.0 Å². The first-order valence-electron chi connectivity index (χ1n) is 7.20. The quantitative estimate of drug-likeness (QED) is 0.847. The van der Waals surface area contributed by atoms with Crippen LogP contribution in [0.2, 0.25) is 0 Å². The van der Waals surface area contributed by atoms with Crippen molar-refractivity contribution in [2.24, 2.45) is 0 Å². The van der Waals surface area contributed by atoms with Crippen LogP contribution < -0.4 is 0 Å². The molecular weight excluding hydrogens is 262 g/mol. The maximum Gasteiger partial charge on any atom is 0.255 e. The third-order valence-corrected chi connectivity index (χ3v) is 4.03. The van der Waals surface area contributed by atoms with E-state index >= 15 is 0 Å². The lowest BCUT2D eigenvalue weighted by Crippen LogP contribution is -2.49. The number of aromatic nitrogens is 1. The number of likely N-dealkylation sites (N-methyl/N-ethyl adjacent to an activating group) is 1. The van der Waals surface area contributed by atoms with E-state index in [0.29, 0.717) is 12.1 Å². The van der Waals surface area contributed by atoms with Crippen LogP contribution in [-0.4, -0.2) is 47.4 Å². The molecule has 1 fully saturated rings. The van der Waals surface area contributed by atoms with E-state index in [-0.39, 0.29) is 11.9 Å². The molecule has 2 heterocycles. The van der Waals surface area contributed by atoms with Gasteiger partial charge in [-0.15, -0.1) is 0 Å². The first kappa shape index (κ1) is 13.8. The molecule has 1 aromatic carbocycles. The Bertz CT molecular complexity index is 600. The highest BCUT2D eigenvalue weighted by Crippen LogP contribution is 2.24. The average molecular weight is 281 g/mol. The van der Waals surface area contributed by atoms with Crippen molar-refractivity contribution in [2.45, 2.75) is 6.04 Å². The Hall–Kier alpha value is -2.20. The van der Waals surface area contributed by atoms with Crippen LogP contribution in [0.15, 0.2) is 54.9 Å². The number of benzene rings is 1. The largest absolute Gasteiger partial charge is 0.335 e. The van der Waals surface area contributed by atoms with Gasteiger partial charge >= 0.3 is 0 Å². The molecule has 2 aromatic rings. The molecule has 1 aromatic heterocycles. The number of pyridine rings is 1. The molecule has 1 aliphatic heterocycles. The van der Waals surface area contributed by atoms with E-state index in [0.717, 1.165) is 13.1 Å². The fourth-order valence-corrected chi connectivity index (χ4v) is 2.77. The Balaban J connectivity index is 1.78. The van der Waals surface area contributed by atoms with Crippen molar-refractivity contribution in [1.29, 1.82) is 0 Å². The highest BCUT2D eigenvalue weighted by Gasteiger charge is 2.28. The van der Waals surface area contributed by atoms with Crippen molar-refractivity contribution >= 4 is 5.91 Å². The Morgan fingerprint density at radius 3 is 2.67 bits per heavy atom. The maximum atomic E-state index is 12.6. The second-order valence-electron chi connectivity index (χ2n) is 5.40. The van der Waals surface area contributed by atoms with E-state index in [1.165, 1.54) is 5.56 Å². The molecule has 1 amide bonds. The van der Waals surface area contributed by atoms with E-state index in [1.54, 1.807) is 18.5 Å². The first-order chi connectivity index (χ1) is 10.3. The molecule has 4 nitrogen and oxygen atoms in total. The van der Waals surface area contributed by atoms with Crippen molar-refractivity contribution in [3.8, 4) is 0 Å². The van der Waals surface area contributed by atoms with Gasteiger partial charge in [0.05, 0.1) is 11.6 Å². The smallest absolute Gasteiger partial charge is 0.255 e. The number of rotatable bonds is 2. The standard InChI is InChI=1S/C17H19N3O/c1-19-10-11-20(17(21)15-8-5-9-18-12-15)13-16(19)14-6-3-2-4-7-14/h2-9,12,16H,10-11,13H2,1H3. The summed E-state index contributed by atoms with van der Waals surface area (Å²) in [6, 6.07) is 14.2. The molecule has 0 bridgehead atoms. The summed E-state index contributed by atoms with van der Waals surface area (Å²) < 4.78 is 0. The Kier molecular flexibility index (Phi) is 3.97. The minimum atomic E-state index is 0.0668. The van der Waals surface area contributed by atoms with Crippen molar-refractivity contribution in [3.63, 3.8) is 0 Å². The minimum Gasteiger partial charge on any atom is -0.335 e. The molecule has 4 heteroatoms. The second kappa shape index (κ2) is 6.06. The molecule has 0 N–H and O–H groups in total. The van der Waals surface area contributed by atoms with Gasteiger partial charge in [-0.1, -0.05) is 30.3 Å². The molecule has 0 radical (unpaired) electrons. The van der Waals surface area contributed by atoms with Gasteiger partial charge in [0.15, 0.2) is 0 Å². The summed E-state index contributed by atoms with van der Waals surface area (Å²) in [6.45, 7) is 2.35. The van der Waals surface area contributed by atoms with Crippen LogP contribution in [0.4, 0.5) is 0 Å². The third kappa shape index (κ3) is 2.95. The number of hydrogen-bond donors (Lipinski definition) is 0. The molecule has 1 unspecified atom stereocenters. The van der Waals surface area contributed by atoms with Crippen molar-refractivity contribution < 1.29 is 4.79 Å². The fourth-order valence-electron chi connectivity index (χ4n) is 2.77. The Morgan fingerprint density at radius 2 is 1.95 bits per heavy atom. The zero-order valence-electron chi connectivity index (χ0n) is 12.1. The number of piperazine rings is 1. The summed E-state index contributed by atoms with van der Waals surface area (Å²) in [6.07, 6.45) is 3.33. The number of nitrogens with zero attached hydrogens (tertiary/aromatic N) is 3. The Morgan fingerprint density at radius 1 is 1.14 bits per heavy atom. The predicted molar refractivity (Wildman–Crippen MR) is 82.0 cm³/mol. The van der Waals surface area contributed by atoms with Crippen molar-refractivity contribution in [1.82, 2.24) is 14.8 Å². The van der Waals surface area contributed by atoms with Crippen LogP contribution in [0.3, 0.4) is 0 Å². The van der Waals surface area contributed by atoms with Gasteiger partial charge in [0.1, 0.15) is 0 Å². The van der Waals surface area contributed by atoms with Crippen LogP contribution in [-0.2, 0) is 0 Å². The zero-order valence-corrected chi connectivity index (χ0v) is 12.1.